The van der Waals surface area contributed by atoms with E-state index in [1.807, 2.05) is 0 Å². The lowest BCUT2D eigenvalue weighted by molar-refractivity contribution is -0.0941. The summed E-state index contributed by atoms with van der Waals surface area (Å²) in [5, 5.41) is 3.95. The van der Waals surface area contributed by atoms with E-state index in [0.717, 1.165) is 25.8 Å². The Kier molecular flexibility index (Phi) is 5.10. The normalized spacial score (nSPS) is 22.0. The summed E-state index contributed by atoms with van der Waals surface area (Å²) in [5.74, 6) is 1.85. The Morgan fingerprint density at radius 2 is 2.28 bits per heavy atom. The molecule has 1 fully saturated rings. The predicted octanol–water partition coefficient (Wildman–Crippen LogP) is 1.08. The lowest BCUT2D eigenvalue weighted by Crippen LogP contribution is -2.22. The maximum atomic E-state index is 5.52. The van der Waals surface area contributed by atoms with Crippen molar-refractivity contribution in [3.63, 3.8) is 0 Å². The summed E-state index contributed by atoms with van der Waals surface area (Å²) in [6, 6.07) is 0. The van der Waals surface area contributed by atoms with Crippen LogP contribution in [-0.2, 0) is 15.9 Å². The van der Waals surface area contributed by atoms with Crippen LogP contribution < -0.4 is 5.73 Å². The van der Waals surface area contributed by atoms with Gasteiger partial charge in [0.2, 0.25) is 11.7 Å². The number of ether oxygens (including phenoxy) is 2. The Labute approximate surface area is 107 Å². The first-order valence-electron chi connectivity index (χ1n) is 6.51. The average molecular weight is 255 g/mol. The molecule has 0 radical (unpaired) electrons. The molecule has 2 unspecified atom stereocenters. The van der Waals surface area contributed by atoms with Crippen LogP contribution in [0.4, 0.5) is 0 Å². The molecule has 2 N–H and O–H groups in total. The third kappa shape index (κ3) is 3.76. The molecule has 0 saturated carbocycles. The van der Waals surface area contributed by atoms with E-state index in [1.54, 1.807) is 0 Å². The van der Waals surface area contributed by atoms with E-state index in [4.69, 9.17) is 19.7 Å². The molecule has 102 valence electrons. The van der Waals surface area contributed by atoms with Gasteiger partial charge in [0.15, 0.2) is 0 Å². The molecule has 0 aliphatic carbocycles. The molecule has 2 heterocycles. The van der Waals surface area contributed by atoms with Gasteiger partial charge in [-0.25, -0.2) is 0 Å². The van der Waals surface area contributed by atoms with Crippen LogP contribution in [0.1, 0.15) is 37.6 Å². The maximum absolute atomic E-state index is 5.52. The number of nitrogens with two attached hydrogens (primary N) is 1. The number of hydrogen-bond acceptors (Lipinski definition) is 6. The smallest absolute Gasteiger partial charge is 0.226 e. The van der Waals surface area contributed by atoms with Gasteiger partial charge in [-0.1, -0.05) is 12.1 Å². The summed E-state index contributed by atoms with van der Waals surface area (Å²) in [6.45, 7) is 4.63. The van der Waals surface area contributed by atoms with Gasteiger partial charge in [0.25, 0.3) is 0 Å². The fourth-order valence-corrected chi connectivity index (χ4v) is 1.94. The highest BCUT2D eigenvalue weighted by molar-refractivity contribution is 4.92. The first kappa shape index (κ1) is 13.5. The zero-order valence-electron chi connectivity index (χ0n) is 10.8. The van der Waals surface area contributed by atoms with Crippen molar-refractivity contribution in [3.8, 4) is 0 Å². The van der Waals surface area contributed by atoms with Crippen molar-refractivity contribution in [3.05, 3.63) is 11.7 Å². The molecule has 6 nitrogen and oxygen atoms in total. The van der Waals surface area contributed by atoms with Gasteiger partial charge in [0.1, 0.15) is 6.10 Å². The van der Waals surface area contributed by atoms with Crippen LogP contribution in [0.15, 0.2) is 4.52 Å². The first-order chi connectivity index (χ1) is 8.79. The molecule has 2 rings (SSSR count). The molecule has 1 aromatic heterocycles. The molecule has 0 aromatic carbocycles. The molecule has 0 amide bonds. The number of hydrogen-bond donors (Lipinski definition) is 1. The van der Waals surface area contributed by atoms with Gasteiger partial charge in [0.05, 0.1) is 19.8 Å². The van der Waals surface area contributed by atoms with Crippen LogP contribution in [0.25, 0.3) is 0 Å². The number of rotatable bonds is 6. The Morgan fingerprint density at radius 3 is 3.00 bits per heavy atom. The second-order valence-electron chi connectivity index (χ2n) is 4.70. The quantitative estimate of drug-likeness (QED) is 0.818. The van der Waals surface area contributed by atoms with E-state index in [9.17, 15) is 0 Å². The van der Waals surface area contributed by atoms with Gasteiger partial charge in [-0.05, 0) is 25.3 Å². The third-order valence-corrected chi connectivity index (χ3v) is 3.10. The minimum absolute atomic E-state index is 0.183. The summed E-state index contributed by atoms with van der Waals surface area (Å²) >= 11 is 0. The Balaban J connectivity index is 1.82. The Hall–Kier alpha value is -0.980. The largest absolute Gasteiger partial charge is 0.376 e. The minimum Gasteiger partial charge on any atom is -0.376 e. The standard InChI is InChI=1S/C12H21N3O3/c1-9(4-5-13)2-3-11-14-12(15-18-11)10-8-16-6-7-17-10/h9-10H,2-8,13H2,1H3. The second-order valence-corrected chi connectivity index (χ2v) is 4.70. The molecule has 0 spiro atoms. The highest BCUT2D eigenvalue weighted by Crippen LogP contribution is 2.18. The van der Waals surface area contributed by atoms with Crippen LogP contribution in [-0.4, -0.2) is 36.5 Å². The molecule has 2 atom stereocenters. The summed E-state index contributed by atoms with van der Waals surface area (Å²) in [7, 11) is 0. The first-order valence-corrected chi connectivity index (χ1v) is 6.51. The number of nitrogens with zero attached hydrogens (tertiary/aromatic N) is 2. The molecular formula is C12H21N3O3. The number of aryl methyl sites for hydroxylation is 1. The zero-order chi connectivity index (χ0) is 12.8. The zero-order valence-corrected chi connectivity index (χ0v) is 10.8. The van der Waals surface area contributed by atoms with Crippen molar-refractivity contribution in [2.75, 3.05) is 26.4 Å². The Bertz CT molecular complexity index is 350. The Morgan fingerprint density at radius 1 is 1.39 bits per heavy atom. The molecule has 6 heteroatoms. The highest BCUT2D eigenvalue weighted by atomic mass is 16.6. The lowest BCUT2D eigenvalue weighted by atomic mass is 10.0. The van der Waals surface area contributed by atoms with E-state index in [0.29, 0.717) is 37.5 Å². The predicted molar refractivity (Wildman–Crippen MR) is 65.0 cm³/mol. The van der Waals surface area contributed by atoms with Crippen molar-refractivity contribution in [1.29, 1.82) is 0 Å². The van der Waals surface area contributed by atoms with Gasteiger partial charge in [-0.3, -0.25) is 0 Å². The van der Waals surface area contributed by atoms with Crippen molar-refractivity contribution in [2.24, 2.45) is 11.7 Å². The van der Waals surface area contributed by atoms with E-state index in [2.05, 4.69) is 17.1 Å². The van der Waals surface area contributed by atoms with Crippen molar-refractivity contribution in [1.82, 2.24) is 10.1 Å². The second kappa shape index (κ2) is 6.82. The van der Waals surface area contributed by atoms with E-state index < -0.39 is 0 Å². The molecule has 1 saturated heterocycles. The number of aromatic nitrogens is 2. The lowest BCUT2D eigenvalue weighted by Gasteiger charge is -2.19. The van der Waals surface area contributed by atoms with E-state index in [1.165, 1.54) is 0 Å². The van der Waals surface area contributed by atoms with Crippen LogP contribution in [0.5, 0.6) is 0 Å². The fraction of sp³-hybridized carbons (Fsp3) is 0.833. The van der Waals surface area contributed by atoms with Crippen LogP contribution in [0.2, 0.25) is 0 Å². The van der Waals surface area contributed by atoms with E-state index in [-0.39, 0.29) is 6.10 Å². The van der Waals surface area contributed by atoms with Gasteiger partial charge in [-0.2, -0.15) is 4.98 Å². The minimum atomic E-state index is -0.183. The topological polar surface area (TPSA) is 83.4 Å². The van der Waals surface area contributed by atoms with Gasteiger partial charge in [0, 0.05) is 6.42 Å². The summed E-state index contributed by atoms with van der Waals surface area (Å²) < 4.78 is 16.0. The van der Waals surface area contributed by atoms with Gasteiger partial charge < -0.3 is 19.7 Å². The van der Waals surface area contributed by atoms with Gasteiger partial charge in [-0.15, -0.1) is 0 Å². The van der Waals surface area contributed by atoms with Crippen LogP contribution in [0.3, 0.4) is 0 Å². The summed E-state index contributed by atoms with van der Waals surface area (Å²) in [4.78, 5) is 4.35. The molecule has 1 aromatic rings. The highest BCUT2D eigenvalue weighted by Gasteiger charge is 2.22. The van der Waals surface area contributed by atoms with E-state index >= 15 is 0 Å². The molecule has 0 bridgehead atoms. The molecular weight excluding hydrogens is 234 g/mol. The summed E-state index contributed by atoms with van der Waals surface area (Å²) in [5.41, 5.74) is 5.52. The van der Waals surface area contributed by atoms with Crippen molar-refractivity contribution >= 4 is 0 Å². The average Bonchev–Trinajstić information content (AvgIpc) is 2.87. The monoisotopic (exact) mass is 255 g/mol. The third-order valence-electron chi connectivity index (χ3n) is 3.10. The van der Waals surface area contributed by atoms with Crippen LogP contribution >= 0.6 is 0 Å². The van der Waals surface area contributed by atoms with Crippen LogP contribution in [0, 0.1) is 5.92 Å². The summed E-state index contributed by atoms with van der Waals surface area (Å²) in [6.07, 6.45) is 2.65. The SMILES string of the molecule is CC(CCN)CCc1nc(C2COCCO2)no1. The molecule has 1 aliphatic heterocycles. The maximum Gasteiger partial charge on any atom is 0.226 e. The molecule has 18 heavy (non-hydrogen) atoms. The molecule has 1 aliphatic rings. The van der Waals surface area contributed by atoms with Crippen molar-refractivity contribution in [2.45, 2.75) is 32.3 Å². The fourth-order valence-electron chi connectivity index (χ4n) is 1.94. The van der Waals surface area contributed by atoms with Crippen molar-refractivity contribution < 1.29 is 14.0 Å². The van der Waals surface area contributed by atoms with Gasteiger partial charge >= 0.3 is 0 Å².